The summed E-state index contributed by atoms with van der Waals surface area (Å²) in [5.41, 5.74) is 2.71. The number of amides is 1. The first-order valence-electron chi connectivity index (χ1n) is 10.4. The average molecular weight is 430 g/mol. The minimum Gasteiger partial charge on any atom is -0.352 e. The van der Waals surface area contributed by atoms with Crippen molar-refractivity contribution in [1.82, 2.24) is 10.2 Å². The number of sulfonamides is 1. The van der Waals surface area contributed by atoms with Gasteiger partial charge in [-0.2, -0.15) is 0 Å². The molecule has 3 rings (SSSR count). The van der Waals surface area contributed by atoms with Gasteiger partial charge < -0.3 is 10.2 Å². The van der Waals surface area contributed by atoms with Crippen molar-refractivity contribution in [2.24, 2.45) is 5.92 Å². The van der Waals surface area contributed by atoms with Crippen molar-refractivity contribution in [2.45, 2.75) is 38.0 Å². The second-order valence-corrected chi connectivity index (χ2v) is 9.92. The summed E-state index contributed by atoms with van der Waals surface area (Å²) in [4.78, 5) is 15.0. The fourth-order valence-electron chi connectivity index (χ4n) is 3.68. The van der Waals surface area contributed by atoms with Crippen LogP contribution in [-0.2, 0) is 10.0 Å². The van der Waals surface area contributed by atoms with Crippen LogP contribution in [0.15, 0.2) is 47.4 Å². The van der Waals surface area contributed by atoms with Crippen molar-refractivity contribution < 1.29 is 13.2 Å². The summed E-state index contributed by atoms with van der Waals surface area (Å²) in [6.45, 7) is 6.61. The van der Waals surface area contributed by atoms with Gasteiger partial charge in [-0.25, -0.2) is 8.42 Å². The maximum Gasteiger partial charge on any atom is 0.261 e. The number of nitrogens with one attached hydrogen (secondary N) is 2. The largest absolute Gasteiger partial charge is 0.352 e. The Labute approximate surface area is 179 Å². The Kier molecular flexibility index (Phi) is 7.15. The summed E-state index contributed by atoms with van der Waals surface area (Å²) in [6, 6.07) is 11.7. The molecule has 1 aliphatic heterocycles. The molecule has 0 aromatic heterocycles. The van der Waals surface area contributed by atoms with E-state index >= 15 is 0 Å². The highest BCUT2D eigenvalue weighted by molar-refractivity contribution is 7.92. The molecule has 2 N–H and O–H groups in total. The quantitative estimate of drug-likeness (QED) is 0.705. The van der Waals surface area contributed by atoms with Crippen molar-refractivity contribution in [2.75, 3.05) is 31.4 Å². The second kappa shape index (κ2) is 9.62. The van der Waals surface area contributed by atoms with Crippen LogP contribution in [0.2, 0.25) is 0 Å². The number of carbonyl (C=O) groups is 1. The molecule has 0 spiro atoms. The lowest BCUT2D eigenvalue weighted by Gasteiger charge is -2.28. The van der Waals surface area contributed by atoms with E-state index in [1.165, 1.54) is 12.8 Å². The predicted molar refractivity (Wildman–Crippen MR) is 120 cm³/mol. The molecule has 0 saturated carbocycles. The topological polar surface area (TPSA) is 78.5 Å². The summed E-state index contributed by atoms with van der Waals surface area (Å²) in [7, 11) is -1.53. The van der Waals surface area contributed by atoms with E-state index in [2.05, 4.69) is 22.0 Å². The van der Waals surface area contributed by atoms with Gasteiger partial charge in [-0.1, -0.05) is 17.7 Å². The van der Waals surface area contributed by atoms with E-state index in [0.717, 1.165) is 25.1 Å². The van der Waals surface area contributed by atoms with Crippen LogP contribution < -0.4 is 10.0 Å². The van der Waals surface area contributed by atoms with Crippen LogP contribution in [0.3, 0.4) is 0 Å². The molecule has 0 atom stereocenters. The van der Waals surface area contributed by atoms with Crippen LogP contribution in [0.4, 0.5) is 5.69 Å². The Hall–Kier alpha value is -2.38. The third kappa shape index (κ3) is 5.83. The Bertz CT molecular complexity index is 979. The molecule has 162 valence electrons. The summed E-state index contributed by atoms with van der Waals surface area (Å²) in [5.74, 6) is 0.542. The fraction of sp³-hybridized carbons (Fsp3) is 0.435. The van der Waals surface area contributed by atoms with Crippen molar-refractivity contribution in [1.29, 1.82) is 0 Å². The first-order chi connectivity index (χ1) is 14.2. The highest BCUT2D eigenvalue weighted by Gasteiger charge is 2.18. The van der Waals surface area contributed by atoms with E-state index in [4.69, 9.17) is 0 Å². The van der Waals surface area contributed by atoms with Crippen LogP contribution in [-0.4, -0.2) is 45.9 Å². The van der Waals surface area contributed by atoms with Crippen LogP contribution in [0.1, 0.15) is 40.7 Å². The van der Waals surface area contributed by atoms with E-state index in [1.54, 1.807) is 49.4 Å². The van der Waals surface area contributed by atoms with Crippen LogP contribution in [0, 0.1) is 19.8 Å². The minimum atomic E-state index is -3.67. The molecule has 6 nitrogen and oxygen atoms in total. The van der Waals surface area contributed by atoms with Crippen molar-refractivity contribution in [3.63, 3.8) is 0 Å². The summed E-state index contributed by atoms with van der Waals surface area (Å²) in [5, 5.41) is 2.99. The van der Waals surface area contributed by atoms with Crippen LogP contribution >= 0.6 is 0 Å². The zero-order valence-electron chi connectivity index (χ0n) is 17.9. The highest BCUT2D eigenvalue weighted by atomic mass is 32.2. The number of aryl methyl sites for hydroxylation is 2. The van der Waals surface area contributed by atoms with Crippen LogP contribution in [0.25, 0.3) is 0 Å². The Morgan fingerprint density at radius 2 is 1.73 bits per heavy atom. The van der Waals surface area contributed by atoms with E-state index in [0.29, 0.717) is 29.3 Å². The number of piperidine rings is 1. The van der Waals surface area contributed by atoms with E-state index in [-0.39, 0.29) is 10.8 Å². The molecule has 1 amide bonds. The van der Waals surface area contributed by atoms with Crippen molar-refractivity contribution in [3.05, 3.63) is 59.2 Å². The zero-order chi connectivity index (χ0) is 21.7. The lowest BCUT2D eigenvalue weighted by molar-refractivity contribution is 0.0949. The van der Waals surface area contributed by atoms with E-state index in [9.17, 15) is 13.2 Å². The van der Waals surface area contributed by atoms with E-state index in [1.807, 2.05) is 6.92 Å². The highest BCUT2D eigenvalue weighted by Crippen LogP contribution is 2.22. The summed E-state index contributed by atoms with van der Waals surface area (Å²) >= 11 is 0. The first kappa shape index (κ1) is 22.3. The lowest BCUT2D eigenvalue weighted by Crippen LogP contribution is -2.32. The molecule has 1 aliphatic rings. The Balaban J connectivity index is 1.57. The number of hydrogen-bond donors (Lipinski definition) is 2. The summed E-state index contributed by atoms with van der Waals surface area (Å²) < 4.78 is 27.8. The molecule has 0 radical (unpaired) electrons. The molecule has 1 heterocycles. The van der Waals surface area contributed by atoms with Gasteiger partial charge >= 0.3 is 0 Å². The average Bonchev–Trinajstić information content (AvgIpc) is 2.71. The van der Waals surface area contributed by atoms with Crippen molar-refractivity contribution >= 4 is 21.6 Å². The molecule has 2 aromatic rings. The number of carbonyl (C=O) groups excluding carboxylic acids is 1. The van der Waals surface area contributed by atoms with Gasteiger partial charge in [0.25, 0.3) is 15.9 Å². The van der Waals surface area contributed by atoms with Gasteiger partial charge in [0.15, 0.2) is 0 Å². The molecule has 0 aliphatic carbocycles. The smallest absolute Gasteiger partial charge is 0.261 e. The number of anilines is 1. The number of rotatable bonds is 7. The van der Waals surface area contributed by atoms with Gasteiger partial charge in [0, 0.05) is 12.1 Å². The molecule has 1 saturated heterocycles. The number of likely N-dealkylation sites (tertiary alicyclic amines) is 1. The van der Waals surface area contributed by atoms with Crippen molar-refractivity contribution in [3.8, 4) is 0 Å². The third-order valence-corrected chi connectivity index (χ3v) is 7.12. The number of nitrogens with zero attached hydrogens (tertiary/aromatic N) is 1. The molecular formula is C23H31N3O3S. The monoisotopic (exact) mass is 429 g/mol. The number of benzene rings is 2. The molecule has 0 bridgehead atoms. The van der Waals surface area contributed by atoms with Gasteiger partial charge in [0.2, 0.25) is 0 Å². The van der Waals surface area contributed by atoms with Gasteiger partial charge in [0.05, 0.1) is 10.6 Å². The van der Waals surface area contributed by atoms with E-state index < -0.39 is 10.0 Å². The third-order valence-electron chi connectivity index (χ3n) is 5.74. The second-order valence-electron chi connectivity index (χ2n) is 8.24. The Morgan fingerprint density at radius 1 is 1.07 bits per heavy atom. The molecule has 30 heavy (non-hydrogen) atoms. The number of hydrogen-bond acceptors (Lipinski definition) is 4. The molecule has 7 heteroatoms. The maximum atomic E-state index is 12.6. The van der Waals surface area contributed by atoms with Gasteiger partial charge in [-0.15, -0.1) is 0 Å². The maximum absolute atomic E-state index is 12.6. The van der Waals surface area contributed by atoms with Gasteiger partial charge in [0.1, 0.15) is 0 Å². The van der Waals surface area contributed by atoms with Gasteiger partial charge in [-0.3, -0.25) is 9.52 Å². The van der Waals surface area contributed by atoms with Crippen LogP contribution in [0.5, 0.6) is 0 Å². The molecule has 1 fully saturated rings. The summed E-state index contributed by atoms with van der Waals surface area (Å²) in [6.07, 6.45) is 3.36. The fourth-order valence-corrected chi connectivity index (χ4v) is 4.81. The normalized spacial score (nSPS) is 15.7. The zero-order valence-corrected chi connectivity index (χ0v) is 18.8. The van der Waals surface area contributed by atoms with Gasteiger partial charge in [-0.05, 0) is 95.1 Å². The standard InChI is InChI=1S/C23H31N3O3S/c1-17-4-7-21(8-5-17)30(28,29)25-22-9-6-20(16-18(22)2)23(27)24-13-10-19-11-14-26(3)15-12-19/h4-9,16,19,25H,10-15H2,1-3H3,(H,24,27). The minimum absolute atomic E-state index is 0.126. The Morgan fingerprint density at radius 3 is 2.37 bits per heavy atom. The predicted octanol–water partition coefficient (Wildman–Crippen LogP) is 3.57. The molecular weight excluding hydrogens is 398 g/mol. The molecule has 0 unspecified atom stereocenters. The molecule has 2 aromatic carbocycles. The lowest BCUT2D eigenvalue weighted by atomic mass is 9.94. The SMILES string of the molecule is Cc1ccc(S(=O)(=O)Nc2ccc(C(=O)NCCC3CCN(C)CC3)cc2C)cc1. The first-order valence-corrected chi connectivity index (χ1v) is 11.9.